The van der Waals surface area contributed by atoms with Crippen LogP contribution in [-0.2, 0) is 4.79 Å². The largest absolute Gasteiger partial charge is 0.338 e. The van der Waals surface area contributed by atoms with E-state index in [1.54, 1.807) is 0 Å². The predicted molar refractivity (Wildman–Crippen MR) is 86.8 cm³/mol. The number of thioether (sulfide) groups is 1. The van der Waals surface area contributed by atoms with Gasteiger partial charge < -0.3 is 4.90 Å². The first-order chi connectivity index (χ1) is 9.44. The van der Waals surface area contributed by atoms with Crippen LogP contribution in [0.15, 0.2) is 4.34 Å². The van der Waals surface area contributed by atoms with Gasteiger partial charge in [0.25, 0.3) is 0 Å². The van der Waals surface area contributed by atoms with Crippen molar-refractivity contribution in [3.05, 3.63) is 3.95 Å². The van der Waals surface area contributed by atoms with Crippen molar-refractivity contribution in [2.45, 2.75) is 50.4 Å². The van der Waals surface area contributed by atoms with Crippen LogP contribution in [0.2, 0.25) is 0 Å². The van der Waals surface area contributed by atoms with E-state index in [-0.39, 0.29) is 11.3 Å². The van der Waals surface area contributed by atoms with Gasteiger partial charge in [-0.2, -0.15) is 5.10 Å². The summed E-state index contributed by atoms with van der Waals surface area (Å²) in [6.45, 7) is 7.61. The van der Waals surface area contributed by atoms with Crippen LogP contribution in [0.4, 0.5) is 0 Å². The van der Waals surface area contributed by atoms with Crippen molar-refractivity contribution in [2.24, 2.45) is 5.41 Å². The van der Waals surface area contributed by atoms with Gasteiger partial charge in [-0.15, -0.1) is 0 Å². The second-order valence-electron chi connectivity index (χ2n) is 5.76. The third kappa shape index (κ3) is 3.62. The Hall–Kier alpha value is -0.400. The van der Waals surface area contributed by atoms with Crippen LogP contribution in [-0.4, -0.2) is 39.3 Å². The molecule has 0 spiro atoms. The lowest BCUT2D eigenvalue weighted by Gasteiger charge is -2.37. The topological polar surface area (TPSA) is 49.0 Å². The molecule has 112 valence electrons. The summed E-state index contributed by atoms with van der Waals surface area (Å²) in [6.07, 6.45) is 3.33. The van der Waals surface area contributed by atoms with Gasteiger partial charge in [-0.05, 0) is 36.9 Å². The van der Waals surface area contributed by atoms with Crippen LogP contribution in [0.5, 0.6) is 0 Å². The number of aromatic nitrogens is 2. The molecule has 1 aromatic rings. The maximum atomic E-state index is 12.4. The summed E-state index contributed by atoms with van der Waals surface area (Å²) in [5.74, 6) is 0.673. The molecular formula is C13H21N3OS3. The van der Waals surface area contributed by atoms with Crippen molar-refractivity contribution in [3.63, 3.8) is 0 Å². The van der Waals surface area contributed by atoms with Crippen LogP contribution in [0.25, 0.3) is 0 Å². The highest BCUT2D eigenvalue weighted by atomic mass is 32.2. The maximum Gasteiger partial charge on any atom is 0.233 e. The van der Waals surface area contributed by atoms with Gasteiger partial charge in [-0.25, -0.2) is 0 Å². The Morgan fingerprint density at radius 3 is 3.00 bits per heavy atom. The van der Waals surface area contributed by atoms with E-state index in [9.17, 15) is 4.79 Å². The third-order valence-corrected chi connectivity index (χ3v) is 6.34. The molecule has 0 radical (unpaired) electrons. The lowest BCUT2D eigenvalue weighted by atomic mass is 9.80. The molecular weight excluding hydrogens is 310 g/mol. The Kier molecular flexibility index (Phi) is 5.25. The average molecular weight is 332 g/mol. The Morgan fingerprint density at radius 2 is 2.40 bits per heavy atom. The van der Waals surface area contributed by atoms with Crippen LogP contribution in [0.3, 0.4) is 0 Å². The number of carbonyl (C=O) groups excluding carboxylic acids is 1. The fraction of sp³-hybridized carbons (Fsp3) is 0.769. The summed E-state index contributed by atoms with van der Waals surface area (Å²) in [5.41, 5.74) is 0.194. The molecule has 4 nitrogen and oxygen atoms in total. The van der Waals surface area contributed by atoms with Crippen LogP contribution < -0.4 is 0 Å². The van der Waals surface area contributed by atoms with E-state index < -0.39 is 0 Å². The van der Waals surface area contributed by atoms with Crippen LogP contribution in [0, 0.1) is 9.37 Å². The monoisotopic (exact) mass is 331 g/mol. The number of likely N-dealkylation sites (tertiary alicyclic amines) is 1. The molecule has 1 aliphatic rings. The van der Waals surface area contributed by atoms with E-state index in [2.05, 4.69) is 35.9 Å². The maximum absolute atomic E-state index is 12.4. The van der Waals surface area contributed by atoms with Crippen LogP contribution in [0.1, 0.15) is 40.0 Å². The molecule has 0 aliphatic carbocycles. The van der Waals surface area contributed by atoms with Crippen molar-refractivity contribution in [1.29, 1.82) is 0 Å². The second-order valence-corrected chi connectivity index (χ2v) is 8.64. The molecule has 1 aliphatic heterocycles. The molecule has 1 atom stereocenters. The summed E-state index contributed by atoms with van der Waals surface area (Å²) < 4.78 is 1.50. The number of H-pyrrole nitrogens is 1. The number of nitrogens with one attached hydrogen (secondary N) is 1. The highest BCUT2D eigenvalue weighted by Gasteiger charge is 2.38. The number of amides is 1. The molecule has 1 fully saturated rings. The molecule has 1 amide bonds. The minimum absolute atomic E-state index is 0.194. The summed E-state index contributed by atoms with van der Waals surface area (Å²) in [4.78, 5) is 14.5. The fourth-order valence-corrected chi connectivity index (χ4v) is 4.57. The molecule has 7 heteroatoms. The van der Waals surface area contributed by atoms with Gasteiger partial charge in [0.05, 0.1) is 5.75 Å². The van der Waals surface area contributed by atoms with Gasteiger partial charge in [0.1, 0.15) is 0 Å². The minimum Gasteiger partial charge on any atom is -0.338 e. The highest BCUT2D eigenvalue weighted by Crippen LogP contribution is 2.36. The first-order valence-corrected chi connectivity index (χ1v) is 9.13. The van der Waals surface area contributed by atoms with E-state index in [4.69, 9.17) is 12.2 Å². The quantitative estimate of drug-likeness (QED) is 0.660. The van der Waals surface area contributed by atoms with Crippen LogP contribution >= 0.6 is 35.3 Å². The second kappa shape index (κ2) is 6.58. The van der Waals surface area contributed by atoms with E-state index in [0.717, 1.165) is 30.1 Å². The van der Waals surface area contributed by atoms with Crippen molar-refractivity contribution >= 4 is 41.2 Å². The summed E-state index contributed by atoms with van der Waals surface area (Å²) >= 11 is 7.89. The first-order valence-electron chi connectivity index (χ1n) is 6.92. The molecule has 1 aromatic heterocycles. The van der Waals surface area contributed by atoms with Gasteiger partial charge in [-0.3, -0.25) is 9.89 Å². The van der Waals surface area contributed by atoms with Gasteiger partial charge in [0.2, 0.25) is 5.91 Å². The zero-order valence-electron chi connectivity index (χ0n) is 12.1. The van der Waals surface area contributed by atoms with Crippen molar-refractivity contribution in [2.75, 3.05) is 12.3 Å². The molecule has 0 aromatic carbocycles. The SMILES string of the molecule is CCC(C)(C)C1CCCN1C(=O)CSc1n[nH]c(=S)s1. The van der Waals surface area contributed by atoms with Gasteiger partial charge in [0.15, 0.2) is 8.29 Å². The minimum atomic E-state index is 0.194. The smallest absolute Gasteiger partial charge is 0.233 e. The Morgan fingerprint density at radius 1 is 1.65 bits per heavy atom. The standard InChI is InChI=1S/C13H21N3OS3/c1-4-13(2,3)9-6-5-7-16(9)10(17)8-19-12-15-14-11(18)20-12/h9H,4-8H2,1-3H3,(H,14,18). The molecule has 1 N–H and O–H groups in total. The van der Waals surface area contributed by atoms with Gasteiger partial charge >= 0.3 is 0 Å². The molecule has 0 saturated carbocycles. The molecule has 20 heavy (non-hydrogen) atoms. The fourth-order valence-electron chi connectivity index (χ4n) is 2.60. The first kappa shape index (κ1) is 16.0. The average Bonchev–Trinajstić information content (AvgIpc) is 3.05. The number of nitrogens with zero attached hydrogens (tertiary/aromatic N) is 2. The number of rotatable bonds is 5. The summed E-state index contributed by atoms with van der Waals surface area (Å²) in [7, 11) is 0. The van der Waals surface area contributed by atoms with E-state index >= 15 is 0 Å². The van der Waals surface area contributed by atoms with Crippen molar-refractivity contribution in [3.8, 4) is 0 Å². The zero-order valence-corrected chi connectivity index (χ0v) is 14.6. The Bertz CT molecular complexity index is 523. The van der Waals surface area contributed by atoms with Gasteiger partial charge in [-0.1, -0.05) is 43.9 Å². The van der Waals surface area contributed by atoms with E-state index in [0.29, 0.717) is 15.7 Å². The Balaban J connectivity index is 1.96. The van der Waals surface area contributed by atoms with Crippen molar-refractivity contribution < 1.29 is 4.79 Å². The third-order valence-electron chi connectivity index (χ3n) is 4.12. The lowest BCUT2D eigenvalue weighted by Crippen LogP contribution is -2.44. The Labute approximate surface area is 133 Å². The highest BCUT2D eigenvalue weighted by molar-refractivity contribution is 8.01. The number of hydrogen-bond donors (Lipinski definition) is 1. The molecule has 1 unspecified atom stereocenters. The lowest BCUT2D eigenvalue weighted by molar-refractivity contribution is -0.131. The predicted octanol–water partition coefficient (Wildman–Crippen LogP) is 3.72. The zero-order chi connectivity index (χ0) is 14.8. The summed E-state index contributed by atoms with van der Waals surface area (Å²) in [6, 6.07) is 0.373. The van der Waals surface area contributed by atoms with E-state index in [1.165, 1.54) is 23.1 Å². The van der Waals surface area contributed by atoms with Crippen molar-refractivity contribution in [1.82, 2.24) is 15.1 Å². The van der Waals surface area contributed by atoms with E-state index in [1.807, 2.05) is 0 Å². The van der Waals surface area contributed by atoms with Gasteiger partial charge in [0, 0.05) is 12.6 Å². The molecule has 0 bridgehead atoms. The summed E-state index contributed by atoms with van der Waals surface area (Å²) in [5, 5.41) is 6.82. The normalized spacial score (nSPS) is 19.6. The number of hydrogen-bond acceptors (Lipinski definition) is 5. The molecule has 2 heterocycles. The molecule has 2 rings (SSSR count). The number of aromatic amines is 1. The number of carbonyl (C=O) groups is 1. The molecule has 1 saturated heterocycles.